The second-order valence-corrected chi connectivity index (χ2v) is 4.18. The number of anilines is 2. The molecule has 3 rings (SSSR count). The molecule has 0 fully saturated rings. The van der Waals surface area contributed by atoms with Crippen LogP contribution in [-0.2, 0) is 0 Å². The van der Waals surface area contributed by atoms with Crippen molar-refractivity contribution in [2.45, 2.75) is 0 Å². The highest BCUT2D eigenvalue weighted by molar-refractivity contribution is 6.03. The van der Waals surface area contributed by atoms with Crippen LogP contribution in [0.2, 0.25) is 0 Å². The Balaban J connectivity index is 2.11. The first-order valence-corrected chi connectivity index (χ1v) is 5.86. The normalized spacial score (nSPS) is 11.4. The summed E-state index contributed by atoms with van der Waals surface area (Å²) in [5.74, 6) is 0.672. The third-order valence-corrected chi connectivity index (χ3v) is 2.95. The summed E-state index contributed by atoms with van der Waals surface area (Å²) in [5.41, 5.74) is 13.8. The standard InChI is InChI=1S/C14H13N5/c15-13-10-4-2-1-3-9(10)7-11(14(13)16)19-8-12-17-5-6-18-12/h1-8H,15-16H2,(H,17,18)/b19-8+. The van der Waals surface area contributed by atoms with Gasteiger partial charge in [-0.3, -0.25) is 4.99 Å². The van der Waals surface area contributed by atoms with Gasteiger partial charge in [0.15, 0.2) is 0 Å². The zero-order valence-corrected chi connectivity index (χ0v) is 10.2. The van der Waals surface area contributed by atoms with Crippen molar-refractivity contribution in [1.82, 2.24) is 9.97 Å². The van der Waals surface area contributed by atoms with Crippen LogP contribution in [0.5, 0.6) is 0 Å². The number of rotatable bonds is 2. The van der Waals surface area contributed by atoms with Crippen LogP contribution in [0.1, 0.15) is 5.82 Å². The number of H-pyrrole nitrogens is 1. The van der Waals surface area contributed by atoms with E-state index in [0.717, 1.165) is 10.8 Å². The predicted octanol–water partition coefficient (Wildman–Crippen LogP) is 2.48. The minimum atomic E-state index is 0.488. The van der Waals surface area contributed by atoms with Gasteiger partial charge in [0.2, 0.25) is 0 Å². The molecule has 19 heavy (non-hydrogen) atoms. The topological polar surface area (TPSA) is 93.1 Å². The van der Waals surface area contributed by atoms with Crippen molar-refractivity contribution in [2.24, 2.45) is 4.99 Å². The molecule has 3 aromatic rings. The summed E-state index contributed by atoms with van der Waals surface area (Å²) in [6.07, 6.45) is 5.03. The molecule has 1 aromatic heterocycles. The van der Waals surface area contributed by atoms with E-state index in [1.165, 1.54) is 0 Å². The van der Waals surface area contributed by atoms with Gasteiger partial charge in [-0.05, 0) is 11.5 Å². The van der Waals surface area contributed by atoms with Gasteiger partial charge in [0.25, 0.3) is 0 Å². The zero-order valence-electron chi connectivity index (χ0n) is 10.2. The Labute approximate surface area is 110 Å². The number of aliphatic imine (C=N–C) groups is 1. The number of hydrogen-bond acceptors (Lipinski definition) is 4. The van der Waals surface area contributed by atoms with Crippen LogP contribution >= 0.6 is 0 Å². The van der Waals surface area contributed by atoms with Crippen LogP contribution in [0.4, 0.5) is 17.1 Å². The van der Waals surface area contributed by atoms with Gasteiger partial charge in [0.05, 0.1) is 23.3 Å². The van der Waals surface area contributed by atoms with Gasteiger partial charge in [-0.15, -0.1) is 0 Å². The molecule has 0 aliphatic rings. The molecule has 0 amide bonds. The van der Waals surface area contributed by atoms with Gasteiger partial charge in [0.1, 0.15) is 5.82 Å². The molecule has 0 saturated carbocycles. The quantitative estimate of drug-likeness (QED) is 0.482. The lowest BCUT2D eigenvalue weighted by molar-refractivity contribution is 1.27. The van der Waals surface area contributed by atoms with E-state index in [0.29, 0.717) is 22.9 Å². The molecule has 0 aliphatic carbocycles. The third-order valence-electron chi connectivity index (χ3n) is 2.95. The number of nitrogen functional groups attached to an aromatic ring is 2. The molecule has 2 aromatic carbocycles. The average Bonchev–Trinajstić information content (AvgIpc) is 2.94. The largest absolute Gasteiger partial charge is 0.396 e. The summed E-state index contributed by atoms with van der Waals surface area (Å²) in [5, 5.41) is 1.96. The van der Waals surface area contributed by atoms with E-state index in [-0.39, 0.29) is 0 Å². The van der Waals surface area contributed by atoms with E-state index in [1.807, 2.05) is 30.3 Å². The highest BCUT2D eigenvalue weighted by Crippen LogP contribution is 2.35. The van der Waals surface area contributed by atoms with Crippen molar-refractivity contribution < 1.29 is 0 Å². The first kappa shape index (κ1) is 11.3. The number of imidazole rings is 1. The van der Waals surface area contributed by atoms with Crippen LogP contribution in [0.25, 0.3) is 10.8 Å². The average molecular weight is 251 g/mol. The number of hydrogen-bond donors (Lipinski definition) is 3. The first-order valence-electron chi connectivity index (χ1n) is 5.86. The number of aromatic amines is 1. The molecule has 0 atom stereocenters. The van der Waals surface area contributed by atoms with E-state index in [9.17, 15) is 0 Å². The van der Waals surface area contributed by atoms with Gasteiger partial charge in [-0.1, -0.05) is 24.3 Å². The Morgan fingerprint density at radius 3 is 2.79 bits per heavy atom. The fourth-order valence-electron chi connectivity index (χ4n) is 1.96. The molecule has 0 aliphatic heterocycles. The second-order valence-electron chi connectivity index (χ2n) is 4.18. The van der Waals surface area contributed by atoms with Crippen LogP contribution < -0.4 is 11.5 Å². The van der Waals surface area contributed by atoms with E-state index in [4.69, 9.17) is 11.5 Å². The van der Waals surface area contributed by atoms with E-state index in [1.54, 1.807) is 18.6 Å². The van der Waals surface area contributed by atoms with Crippen molar-refractivity contribution in [3.8, 4) is 0 Å². The van der Waals surface area contributed by atoms with E-state index >= 15 is 0 Å². The molecule has 0 unspecified atom stereocenters. The first-order chi connectivity index (χ1) is 9.25. The lowest BCUT2D eigenvalue weighted by atomic mass is 10.1. The number of fused-ring (bicyclic) bond motifs is 1. The van der Waals surface area contributed by atoms with Crippen molar-refractivity contribution >= 4 is 34.0 Å². The van der Waals surface area contributed by atoms with E-state index < -0.39 is 0 Å². The summed E-state index contributed by atoms with van der Waals surface area (Å²) >= 11 is 0. The summed E-state index contributed by atoms with van der Waals surface area (Å²) in [7, 11) is 0. The van der Waals surface area contributed by atoms with Gasteiger partial charge in [0, 0.05) is 17.8 Å². The fourth-order valence-corrected chi connectivity index (χ4v) is 1.96. The number of nitrogens with zero attached hydrogens (tertiary/aromatic N) is 2. The highest BCUT2D eigenvalue weighted by atomic mass is 14.9. The van der Waals surface area contributed by atoms with Crippen molar-refractivity contribution in [1.29, 1.82) is 0 Å². The predicted molar refractivity (Wildman–Crippen MR) is 78.6 cm³/mol. The Hall–Kier alpha value is -2.82. The second kappa shape index (κ2) is 4.45. The molecular weight excluding hydrogens is 238 g/mol. The molecule has 0 spiro atoms. The maximum atomic E-state index is 6.05. The molecule has 5 N–H and O–H groups in total. The minimum Gasteiger partial charge on any atom is -0.396 e. The molecule has 94 valence electrons. The summed E-state index contributed by atoms with van der Waals surface area (Å²) in [4.78, 5) is 11.4. The van der Waals surface area contributed by atoms with Gasteiger partial charge >= 0.3 is 0 Å². The van der Waals surface area contributed by atoms with Crippen LogP contribution in [0.15, 0.2) is 47.7 Å². The highest BCUT2D eigenvalue weighted by Gasteiger charge is 2.06. The van der Waals surface area contributed by atoms with Gasteiger partial charge in [-0.2, -0.15) is 0 Å². The number of aromatic nitrogens is 2. The Morgan fingerprint density at radius 1 is 1.16 bits per heavy atom. The lowest BCUT2D eigenvalue weighted by Crippen LogP contribution is -1.96. The van der Waals surface area contributed by atoms with Crippen LogP contribution in [-0.4, -0.2) is 16.2 Å². The number of nitrogens with one attached hydrogen (secondary N) is 1. The fraction of sp³-hybridized carbons (Fsp3) is 0. The Kier molecular flexibility index (Phi) is 2.64. The van der Waals surface area contributed by atoms with Gasteiger partial charge < -0.3 is 16.5 Å². The number of benzene rings is 2. The molecular formula is C14H13N5. The Bertz CT molecular complexity index is 744. The van der Waals surface area contributed by atoms with Crippen molar-refractivity contribution in [3.63, 3.8) is 0 Å². The molecule has 0 saturated heterocycles. The summed E-state index contributed by atoms with van der Waals surface area (Å²) < 4.78 is 0. The van der Waals surface area contributed by atoms with Crippen molar-refractivity contribution in [2.75, 3.05) is 11.5 Å². The molecule has 1 heterocycles. The smallest absolute Gasteiger partial charge is 0.148 e. The molecule has 0 bridgehead atoms. The maximum absolute atomic E-state index is 6.05. The van der Waals surface area contributed by atoms with Crippen LogP contribution in [0.3, 0.4) is 0 Å². The van der Waals surface area contributed by atoms with Crippen LogP contribution in [0, 0.1) is 0 Å². The SMILES string of the molecule is Nc1c(/N=C/c2ncc[nH]2)cc2ccccc2c1N. The lowest BCUT2D eigenvalue weighted by Gasteiger charge is -2.08. The third kappa shape index (κ3) is 2.01. The van der Waals surface area contributed by atoms with Crippen molar-refractivity contribution in [3.05, 3.63) is 48.5 Å². The monoisotopic (exact) mass is 251 g/mol. The molecule has 5 nitrogen and oxygen atoms in total. The minimum absolute atomic E-state index is 0.488. The zero-order chi connectivity index (χ0) is 13.2. The van der Waals surface area contributed by atoms with E-state index in [2.05, 4.69) is 15.0 Å². The summed E-state index contributed by atoms with van der Waals surface area (Å²) in [6, 6.07) is 9.74. The van der Waals surface area contributed by atoms with Gasteiger partial charge in [-0.25, -0.2) is 4.98 Å². The molecule has 5 heteroatoms. The number of nitrogens with two attached hydrogens (primary N) is 2. The Morgan fingerprint density at radius 2 is 2.00 bits per heavy atom. The molecule has 0 radical (unpaired) electrons. The maximum Gasteiger partial charge on any atom is 0.148 e. The summed E-state index contributed by atoms with van der Waals surface area (Å²) in [6.45, 7) is 0.